The molecule has 0 radical (unpaired) electrons. The summed E-state index contributed by atoms with van der Waals surface area (Å²) in [5.74, 6) is 0.104. The zero-order chi connectivity index (χ0) is 19.2. The van der Waals surface area contributed by atoms with Gasteiger partial charge in [-0.2, -0.15) is 0 Å². The summed E-state index contributed by atoms with van der Waals surface area (Å²) in [6.07, 6.45) is 3.25. The summed E-state index contributed by atoms with van der Waals surface area (Å²) in [5.41, 5.74) is -0.125. The smallest absolute Gasteiger partial charge is 0.353 e. The quantitative estimate of drug-likeness (QED) is 0.435. The number of hydrogen-bond acceptors (Lipinski definition) is 9. The van der Waals surface area contributed by atoms with Crippen LogP contribution in [0.4, 0.5) is 17.3 Å². The number of rotatable bonds is 7. The molecule has 3 heterocycles. The molecule has 10 heteroatoms. The second-order valence-corrected chi connectivity index (χ2v) is 7.22. The Labute approximate surface area is 160 Å². The maximum atomic E-state index is 11.7. The number of ether oxygens (including phenoxy) is 1. The third-order valence-corrected chi connectivity index (χ3v) is 5.49. The number of anilines is 2. The number of carbonyl (C=O) groups is 1. The van der Waals surface area contributed by atoms with Gasteiger partial charge in [-0.3, -0.25) is 14.9 Å². The highest BCUT2D eigenvalue weighted by molar-refractivity contribution is 7.09. The Kier molecular flexibility index (Phi) is 6.17. The molecule has 0 spiro atoms. The van der Waals surface area contributed by atoms with E-state index in [0.717, 1.165) is 6.42 Å². The van der Waals surface area contributed by atoms with Gasteiger partial charge < -0.3 is 15.0 Å². The lowest BCUT2D eigenvalue weighted by Crippen LogP contribution is -2.37. The lowest BCUT2D eigenvalue weighted by atomic mass is 9.97. The zero-order valence-corrected chi connectivity index (χ0v) is 15.8. The lowest BCUT2D eigenvalue weighted by Gasteiger charge is -2.31. The number of thiophene rings is 1. The van der Waals surface area contributed by atoms with Crippen LogP contribution in [0.5, 0.6) is 0 Å². The molecule has 27 heavy (non-hydrogen) atoms. The Morgan fingerprint density at radius 1 is 1.44 bits per heavy atom. The fourth-order valence-electron chi connectivity index (χ4n) is 3.15. The number of aromatic nitrogens is 2. The monoisotopic (exact) mass is 391 g/mol. The fraction of sp³-hybridized carbons (Fsp3) is 0.471. The highest BCUT2D eigenvalue weighted by atomic mass is 32.1. The molecule has 144 valence electrons. The van der Waals surface area contributed by atoms with Gasteiger partial charge in [-0.15, -0.1) is 11.3 Å². The van der Waals surface area contributed by atoms with Crippen molar-refractivity contribution >= 4 is 34.6 Å². The second-order valence-electron chi connectivity index (χ2n) is 6.19. The number of esters is 1. The third-order valence-electron chi connectivity index (χ3n) is 4.56. The van der Waals surface area contributed by atoms with Crippen molar-refractivity contribution in [1.29, 1.82) is 0 Å². The summed E-state index contributed by atoms with van der Waals surface area (Å²) in [6.45, 7) is 1.56. The maximum absolute atomic E-state index is 11.7. The predicted octanol–water partition coefficient (Wildman–Crippen LogP) is 2.49. The van der Waals surface area contributed by atoms with Gasteiger partial charge in [0, 0.05) is 24.5 Å². The van der Waals surface area contributed by atoms with Gasteiger partial charge in [0.1, 0.15) is 6.33 Å². The van der Waals surface area contributed by atoms with Crippen LogP contribution >= 0.6 is 11.3 Å². The minimum atomic E-state index is -0.449. The minimum absolute atomic E-state index is 0.125. The number of carbonyl (C=O) groups excluding carboxylic acids is 1. The summed E-state index contributed by atoms with van der Waals surface area (Å²) in [5, 5.41) is 16.7. The summed E-state index contributed by atoms with van der Waals surface area (Å²) in [7, 11) is 1.37. The van der Waals surface area contributed by atoms with Crippen molar-refractivity contribution in [3.8, 4) is 0 Å². The van der Waals surface area contributed by atoms with E-state index < -0.39 is 4.92 Å². The van der Waals surface area contributed by atoms with E-state index in [-0.39, 0.29) is 29.2 Å². The summed E-state index contributed by atoms with van der Waals surface area (Å²) < 4.78 is 4.79. The van der Waals surface area contributed by atoms with E-state index in [1.165, 1.54) is 18.3 Å². The molecule has 0 aliphatic carbocycles. The van der Waals surface area contributed by atoms with Crippen LogP contribution in [-0.2, 0) is 16.0 Å². The Balaban J connectivity index is 1.72. The first-order valence-corrected chi connectivity index (χ1v) is 9.56. The molecule has 0 aromatic carbocycles. The van der Waals surface area contributed by atoms with Crippen LogP contribution < -0.4 is 10.2 Å². The van der Waals surface area contributed by atoms with Gasteiger partial charge in [0.25, 0.3) is 0 Å². The molecule has 0 unspecified atom stereocenters. The van der Waals surface area contributed by atoms with Gasteiger partial charge in [0.15, 0.2) is 0 Å². The maximum Gasteiger partial charge on any atom is 0.353 e. The van der Waals surface area contributed by atoms with Crippen LogP contribution in [0.15, 0.2) is 23.8 Å². The Hall–Kier alpha value is -2.75. The minimum Gasteiger partial charge on any atom is -0.469 e. The van der Waals surface area contributed by atoms with E-state index in [9.17, 15) is 14.9 Å². The number of nitrogens with one attached hydrogen (secondary N) is 1. The molecule has 1 aliphatic rings. The van der Waals surface area contributed by atoms with Crippen LogP contribution in [0.3, 0.4) is 0 Å². The summed E-state index contributed by atoms with van der Waals surface area (Å²) >= 11 is 1.65. The van der Waals surface area contributed by atoms with Crippen LogP contribution in [0.1, 0.15) is 17.7 Å². The largest absolute Gasteiger partial charge is 0.469 e. The van der Waals surface area contributed by atoms with Crippen LogP contribution in [0.25, 0.3) is 0 Å². The Morgan fingerprint density at radius 3 is 2.85 bits per heavy atom. The number of methoxy groups -OCH3 is 1. The molecule has 0 bridgehead atoms. The van der Waals surface area contributed by atoms with Gasteiger partial charge in [0.05, 0.1) is 18.0 Å². The van der Waals surface area contributed by atoms with E-state index in [1.54, 1.807) is 11.3 Å². The number of hydrogen-bond donors (Lipinski definition) is 1. The van der Waals surface area contributed by atoms with Gasteiger partial charge in [0.2, 0.25) is 11.6 Å². The molecule has 0 amide bonds. The molecule has 3 rings (SSSR count). The first-order chi connectivity index (χ1) is 13.1. The van der Waals surface area contributed by atoms with Crippen molar-refractivity contribution in [2.75, 3.05) is 37.0 Å². The summed E-state index contributed by atoms with van der Waals surface area (Å²) in [4.78, 5) is 34.2. The Morgan fingerprint density at radius 2 is 2.22 bits per heavy atom. The van der Waals surface area contributed by atoms with Gasteiger partial charge >= 0.3 is 11.7 Å². The van der Waals surface area contributed by atoms with Crippen molar-refractivity contribution in [2.24, 2.45) is 5.92 Å². The van der Waals surface area contributed by atoms with Crippen molar-refractivity contribution in [3.05, 3.63) is 38.8 Å². The van der Waals surface area contributed by atoms with E-state index in [1.807, 2.05) is 22.4 Å². The normalized spacial score (nSPS) is 14.8. The van der Waals surface area contributed by atoms with Gasteiger partial charge in [-0.1, -0.05) is 6.07 Å². The van der Waals surface area contributed by atoms with Gasteiger partial charge in [-0.25, -0.2) is 9.97 Å². The molecule has 2 aromatic heterocycles. The van der Waals surface area contributed by atoms with Gasteiger partial charge in [-0.05, 0) is 30.7 Å². The van der Waals surface area contributed by atoms with Crippen molar-refractivity contribution in [3.63, 3.8) is 0 Å². The topological polar surface area (TPSA) is 110 Å². The molecule has 1 saturated heterocycles. The van der Waals surface area contributed by atoms with E-state index in [0.29, 0.717) is 32.5 Å². The van der Waals surface area contributed by atoms with E-state index in [2.05, 4.69) is 15.3 Å². The third kappa shape index (κ3) is 4.51. The number of piperidine rings is 1. The second kappa shape index (κ2) is 8.76. The zero-order valence-electron chi connectivity index (χ0n) is 15.0. The first kappa shape index (κ1) is 19.0. The van der Waals surface area contributed by atoms with Crippen LogP contribution in [0.2, 0.25) is 0 Å². The molecule has 0 atom stereocenters. The highest BCUT2D eigenvalue weighted by Gasteiger charge is 2.32. The van der Waals surface area contributed by atoms with E-state index in [4.69, 9.17) is 4.74 Å². The number of nitro groups is 1. The van der Waals surface area contributed by atoms with Crippen molar-refractivity contribution < 1.29 is 14.5 Å². The van der Waals surface area contributed by atoms with E-state index >= 15 is 0 Å². The average Bonchev–Trinajstić information content (AvgIpc) is 3.20. The molecular formula is C17H21N5O4S. The van der Waals surface area contributed by atoms with Crippen molar-refractivity contribution in [1.82, 2.24) is 9.97 Å². The lowest BCUT2D eigenvalue weighted by molar-refractivity contribution is -0.383. The predicted molar refractivity (Wildman–Crippen MR) is 102 cm³/mol. The number of nitrogens with zero attached hydrogens (tertiary/aromatic N) is 4. The molecule has 1 fully saturated rings. The molecule has 1 aliphatic heterocycles. The van der Waals surface area contributed by atoms with Crippen LogP contribution in [-0.4, -0.2) is 47.6 Å². The molecule has 1 N–H and O–H groups in total. The standard InChI is InChI=1S/C17H21N5O4S/c1-26-17(23)12-5-8-21(9-6-12)16-14(22(24)25)15(19-11-20-16)18-7-4-13-3-2-10-27-13/h2-3,10-12H,4-9H2,1H3,(H,18,19,20). The molecule has 9 nitrogen and oxygen atoms in total. The molecule has 2 aromatic rings. The van der Waals surface area contributed by atoms with Crippen LogP contribution in [0, 0.1) is 16.0 Å². The highest BCUT2D eigenvalue weighted by Crippen LogP contribution is 2.34. The summed E-state index contributed by atoms with van der Waals surface area (Å²) in [6, 6.07) is 4.00. The fourth-order valence-corrected chi connectivity index (χ4v) is 3.86. The SMILES string of the molecule is COC(=O)C1CCN(c2ncnc(NCCc3cccs3)c2[N+](=O)[O-])CC1. The average molecular weight is 391 g/mol. The Bertz CT molecular complexity index is 791. The molecule has 0 saturated carbocycles. The molecular weight excluding hydrogens is 370 g/mol. The van der Waals surface area contributed by atoms with Crippen molar-refractivity contribution in [2.45, 2.75) is 19.3 Å². The first-order valence-electron chi connectivity index (χ1n) is 8.68.